The van der Waals surface area contributed by atoms with Crippen LogP contribution in [0.5, 0.6) is 0 Å². The van der Waals surface area contributed by atoms with Crippen molar-refractivity contribution in [3.8, 4) is 0 Å². The fourth-order valence-corrected chi connectivity index (χ4v) is 0.801. The Morgan fingerprint density at radius 1 is 1.00 bits per heavy atom. The Hall–Kier alpha value is -2.37. The highest BCUT2D eigenvalue weighted by Gasteiger charge is 2.16. The zero-order valence-electron chi connectivity index (χ0n) is 7.38. The van der Waals surface area contributed by atoms with Gasteiger partial charge in [-0.1, -0.05) is 18.2 Å². The van der Waals surface area contributed by atoms with Crippen molar-refractivity contribution >= 4 is 18.3 Å². The van der Waals surface area contributed by atoms with Crippen molar-refractivity contribution in [2.24, 2.45) is 0 Å². The molecule has 15 heavy (non-hydrogen) atoms. The molecule has 0 aromatic heterocycles. The molecule has 0 spiro atoms. The highest BCUT2D eigenvalue weighted by Crippen LogP contribution is 2.01. The van der Waals surface area contributed by atoms with Gasteiger partial charge in [-0.25, -0.2) is 14.4 Å². The van der Waals surface area contributed by atoms with Crippen LogP contribution in [0.15, 0.2) is 30.3 Å². The topological polar surface area (TPSA) is 89.9 Å². The van der Waals surface area contributed by atoms with E-state index < -0.39 is 18.3 Å². The summed E-state index contributed by atoms with van der Waals surface area (Å²) in [6.07, 6.45) is -3.41. The van der Waals surface area contributed by atoms with Crippen LogP contribution >= 0.6 is 0 Å². The highest BCUT2D eigenvalue weighted by molar-refractivity contribution is 5.96. The van der Waals surface area contributed by atoms with Crippen molar-refractivity contribution in [1.82, 2.24) is 0 Å². The summed E-state index contributed by atoms with van der Waals surface area (Å²) in [5.41, 5.74) is 0.125. The third-order valence-electron chi connectivity index (χ3n) is 1.36. The molecule has 0 aliphatic heterocycles. The van der Waals surface area contributed by atoms with Crippen molar-refractivity contribution < 1.29 is 29.0 Å². The van der Waals surface area contributed by atoms with Crippen molar-refractivity contribution in [3.05, 3.63) is 35.9 Å². The quantitative estimate of drug-likeness (QED) is 0.559. The number of hydrogen-bond acceptors (Lipinski definition) is 5. The van der Waals surface area contributed by atoms with Gasteiger partial charge in [-0.2, -0.15) is 0 Å². The summed E-state index contributed by atoms with van der Waals surface area (Å²) in [5.74, 6) is -0.971. The summed E-state index contributed by atoms with van der Waals surface area (Å²) in [4.78, 5) is 31.6. The average Bonchev–Trinajstić information content (AvgIpc) is 2.17. The molecular weight excluding hydrogens is 204 g/mol. The van der Waals surface area contributed by atoms with Gasteiger partial charge in [-0.15, -0.1) is 0 Å². The van der Waals surface area contributed by atoms with Gasteiger partial charge < -0.3 is 14.6 Å². The van der Waals surface area contributed by atoms with Gasteiger partial charge in [0, 0.05) is 0 Å². The van der Waals surface area contributed by atoms with Crippen molar-refractivity contribution in [2.75, 3.05) is 0 Å². The molecule has 1 aromatic carbocycles. The first-order chi connectivity index (χ1) is 7.09. The Morgan fingerprint density at radius 3 is 2.13 bits per heavy atom. The molecule has 0 saturated carbocycles. The van der Waals surface area contributed by atoms with Crippen LogP contribution in [0.2, 0.25) is 0 Å². The second kappa shape index (κ2) is 4.75. The minimum Gasteiger partial charge on any atom is -0.449 e. The largest absolute Gasteiger partial charge is 0.526 e. The molecule has 1 rings (SSSR count). The Labute approximate surface area is 84.0 Å². The first-order valence-corrected chi connectivity index (χ1v) is 3.81. The molecule has 0 unspecified atom stereocenters. The fraction of sp³-hybridized carbons (Fsp3) is 0. The molecule has 0 atom stereocenters. The summed E-state index contributed by atoms with van der Waals surface area (Å²) < 4.78 is 7.64. The standard InChI is InChI=1S/C9H6O6/c10-7(6-4-2-1-3-5-6)14-9(13)15-8(11)12/h1-5H,(H,11,12). The maximum atomic E-state index is 11.1. The van der Waals surface area contributed by atoms with Crippen LogP contribution in [0.25, 0.3) is 0 Å². The number of carbonyl (C=O) groups is 3. The first kappa shape index (κ1) is 10.7. The number of carboxylic acid groups (broad SMARTS) is 1. The van der Waals surface area contributed by atoms with Gasteiger partial charge in [0.25, 0.3) is 0 Å². The van der Waals surface area contributed by atoms with Gasteiger partial charge in [0.2, 0.25) is 0 Å². The predicted molar refractivity (Wildman–Crippen MR) is 46.4 cm³/mol. The maximum absolute atomic E-state index is 11.1. The molecule has 6 heteroatoms. The normalized spacial score (nSPS) is 9.07. The van der Waals surface area contributed by atoms with Crippen LogP contribution in [-0.2, 0) is 9.47 Å². The van der Waals surface area contributed by atoms with E-state index in [0.29, 0.717) is 0 Å². The average molecular weight is 210 g/mol. The minimum absolute atomic E-state index is 0.125. The van der Waals surface area contributed by atoms with E-state index in [0.717, 1.165) is 0 Å². The number of carbonyl (C=O) groups excluding carboxylic acids is 2. The van der Waals surface area contributed by atoms with E-state index in [1.54, 1.807) is 18.2 Å². The van der Waals surface area contributed by atoms with Gasteiger partial charge in [0.1, 0.15) is 0 Å². The van der Waals surface area contributed by atoms with E-state index in [1.807, 2.05) is 0 Å². The van der Waals surface area contributed by atoms with E-state index in [1.165, 1.54) is 12.1 Å². The van der Waals surface area contributed by atoms with Crippen LogP contribution in [0.4, 0.5) is 9.59 Å². The van der Waals surface area contributed by atoms with Crippen molar-refractivity contribution in [3.63, 3.8) is 0 Å². The van der Waals surface area contributed by atoms with Crippen LogP contribution in [0.1, 0.15) is 10.4 Å². The van der Waals surface area contributed by atoms with Gasteiger partial charge in [-0.05, 0) is 12.1 Å². The lowest BCUT2D eigenvalue weighted by Crippen LogP contribution is -2.16. The molecule has 0 aliphatic carbocycles. The molecule has 78 valence electrons. The third kappa shape index (κ3) is 3.47. The minimum atomic E-state index is -1.83. The number of hydrogen-bond donors (Lipinski definition) is 1. The molecule has 0 saturated heterocycles. The van der Waals surface area contributed by atoms with Crippen molar-refractivity contribution in [1.29, 1.82) is 0 Å². The number of rotatable bonds is 1. The van der Waals surface area contributed by atoms with Gasteiger partial charge in [0.15, 0.2) is 0 Å². The zero-order chi connectivity index (χ0) is 11.3. The summed E-state index contributed by atoms with van der Waals surface area (Å²) in [7, 11) is 0. The van der Waals surface area contributed by atoms with E-state index >= 15 is 0 Å². The Bertz CT molecular complexity index is 383. The van der Waals surface area contributed by atoms with E-state index in [2.05, 4.69) is 9.47 Å². The smallest absolute Gasteiger partial charge is 0.449 e. The summed E-state index contributed by atoms with van der Waals surface area (Å²) in [5, 5.41) is 8.03. The van der Waals surface area contributed by atoms with Crippen LogP contribution in [-0.4, -0.2) is 23.4 Å². The predicted octanol–water partition coefficient (Wildman–Crippen LogP) is 1.66. The molecule has 0 aliphatic rings. The lowest BCUT2D eigenvalue weighted by Gasteiger charge is -2.00. The zero-order valence-corrected chi connectivity index (χ0v) is 7.38. The Morgan fingerprint density at radius 2 is 1.60 bits per heavy atom. The molecule has 1 aromatic rings. The molecule has 0 fully saturated rings. The molecule has 1 N–H and O–H groups in total. The molecule has 0 amide bonds. The number of benzene rings is 1. The molecule has 0 heterocycles. The monoisotopic (exact) mass is 210 g/mol. The van der Waals surface area contributed by atoms with Crippen molar-refractivity contribution in [2.45, 2.75) is 0 Å². The second-order valence-electron chi connectivity index (χ2n) is 2.37. The second-order valence-corrected chi connectivity index (χ2v) is 2.37. The SMILES string of the molecule is O=C(O)OC(=O)OC(=O)c1ccccc1. The fourth-order valence-electron chi connectivity index (χ4n) is 0.801. The van der Waals surface area contributed by atoms with Crippen LogP contribution in [0.3, 0.4) is 0 Å². The van der Waals surface area contributed by atoms with Crippen LogP contribution < -0.4 is 0 Å². The van der Waals surface area contributed by atoms with E-state index in [-0.39, 0.29) is 5.56 Å². The molecule has 6 nitrogen and oxygen atoms in total. The number of esters is 1. The van der Waals surface area contributed by atoms with Crippen LogP contribution in [0, 0.1) is 0 Å². The third-order valence-corrected chi connectivity index (χ3v) is 1.36. The molecular formula is C9H6O6. The van der Waals surface area contributed by atoms with E-state index in [9.17, 15) is 14.4 Å². The Kier molecular flexibility index (Phi) is 3.39. The first-order valence-electron chi connectivity index (χ1n) is 3.81. The lowest BCUT2D eigenvalue weighted by atomic mass is 10.2. The van der Waals surface area contributed by atoms with Gasteiger partial charge in [0.05, 0.1) is 5.56 Å². The Balaban J connectivity index is 2.57. The molecule has 0 radical (unpaired) electrons. The highest BCUT2D eigenvalue weighted by atomic mass is 16.8. The van der Waals surface area contributed by atoms with Gasteiger partial charge in [-0.3, -0.25) is 0 Å². The maximum Gasteiger partial charge on any atom is 0.526 e. The van der Waals surface area contributed by atoms with E-state index in [4.69, 9.17) is 5.11 Å². The number of ether oxygens (including phenoxy) is 2. The summed E-state index contributed by atoms with van der Waals surface area (Å²) in [6.45, 7) is 0. The van der Waals surface area contributed by atoms with Gasteiger partial charge >= 0.3 is 18.3 Å². The lowest BCUT2D eigenvalue weighted by molar-refractivity contribution is 0.0404. The summed E-state index contributed by atoms with van der Waals surface area (Å²) >= 11 is 0. The summed E-state index contributed by atoms with van der Waals surface area (Å²) in [6, 6.07) is 7.64. The molecule has 0 bridgehead atoms.